The van der Waals surface area contributed by atoms with Gasteiger partial charge in [0.25, 0.3) is 5.91 Å². The highest BCUT2D eigenvalue weighted by Gasteiger charge is 2.41. The SMILES string of the molecule is O=C(NCC1(C(=O)O)CCCC1)c1n[nH]c(C2CC2)n1. The summed E-state index contributed by atoms with van der Waals surface area (Å²) in [7, 11) is 0. The van der Waals surface area contributed by atoms with E-state index in [1.807, 2.05) is 0 Å². The van der Waals surface area contributed by atoms with Crippen molar-refractivity contribution in [3.05, 3.63) is 11.6 Å². The molecule has 0 atom stereocenters. The first-order valence-corrected chi connectivity index (χ1v) is 7.05. The van der Waals surface area contributed by atoms with E-state index < -0.39 is 17.3 Å². The highest BCUT2D eigenvalue weighted by molar-refractivity contribution is 5.90. The number of hydrogen-bond acceptors (Lipinski definition) is 4. The maximum atomic E-state index is 12.0. The van der Waals surface area contributed by atoms with E-state index in [1.165, 1.54) is 0 Å². The van der Waals surface area contributed by atoms with Crippen LogP contribution in [-0.2, 0) is 4.79 Å². The highest BCUT2D eigenvalue weighted by Crippen LogP contribution is 2.38. The molecular formula is C13H18N4O3. The van der Waals surface area contributed by atoms with Crippen LogP contribution in [0.4, 0.5) is 0 Å². The quantitative estimate of drug-likeness (QED) is 0.746. The molecule has 1 aromatic heterocycles. The van der Waals surface area contributed by atoms with Gasteiger partial charge in [0, 0.05) is 12.5 Å². The van der Waals surface area contributed by atoms with E-state index in [9.17, 15) is 14.7 Å². The number of aliphatic carboxylic acids is 1. The molecular weight excluding hydrogens is 260 g/mol. The molecule has 0 radical (unpaired) electrons. The van der Waals surface area contributed by atoms with E-state index in [2.05, 4.69) is 20.5 Å². The molecule has 20 heavy (non-hydrogen) atoms. The summed E-state index contributed by atoms with van der Waals surface area (Å²) < 4.78 is 0. The molecule has 7 heteroatoms. The molecule has 108 valence electrons. The van der Waals surface area contributed by atoms with Crippen LogP contribution in [0.1, 0.15) is 60.9 Å². The number of carbonyl (C=O) groups is 2. The average Bonchev–Trinajstić information content (AvgIpc) is 2.98. The minimum atomic E-state index is -0.830. The standard InChI is InChI=1S/C13H18N4O3/c18-11(10-15-9(16-17-10)8-3-4-8)14-7-13(12(19)20)5-1-2-6-13/h8H,1-7H2,(H,14,18)(H,19,20)(H,15,16,17). The molecule has 0 aliphatic heterocycles. The minimum Gasteiger partial charge on any atom is -0.481 e. The number of carboxylic acids is 1. The first-order valence-electron chi connectivity index (χ1n) is 7.05. The molecule has 2 saturated carbocycles. The van der Waals surface area contributed by atoms with Crippen LogP contribution in [0.2, 0.25) is 0 Å². The van der Waals surface area contributed by atoms with E-state index in [0.717, 1.165) is 31.5 Å². The third-order valence-corrected chi connectivity index (χ3v) is 4.27. The van der Waals surface area contributed by atoms with Crippen LogP contribution in [0.3, 0.4) is 0 Å². The van der Waals surface area contributed by atoms with Gasteiger partial charge in [0.1, 0.15) is 5.82 Å². The number of carbonyl (C=O) groups excluding carboxylic acids is 1. The number of carboxylic acid groups (broad SMARTS) is 1. The Labute approximate surface area is 116 Å². The van der Waals surface area contributed by atoms with Crippen molar-refractivity contribution in [3.8, 4) is 0 Å². The Morgan fingerprint density at radius 3 is 2.65 bits per heavy atom. The first-order chi connectivity index (χ1) is 9.61. The van der Waals surface area contributed by atoms with Gasteiger partial charge >= 0.3 is 5.97 Å². The summed E-state index contributed by atoms with van der Waals surface area (Å²) in [6, 6.07) is 0. The molecule has 0 spiro atoms. The Morgan fingerprint density at radius 1 is 1.35 bits per heavy atom. The largest absolute Gasteiger partial charge is 0.481 e. The lowest BCUT2D eigenvalue weighted by molar-refractivity contribution is -0.148. The Morgan fingerprint density at radius 2 is 2.05 bits per heavy atom. The van der Waals surface area contributed by atoms with Gasteiger partial charge in [0.2, 0.25) is 5.82 Å². The summed E-state index contributed by atoms with van der Waals surface area (Å²) in [5.74, 6) is 0.0308. The van der Waals surface area contributed by atoms with Crippen LogP contribution in [0, 0.1) is 5.41 Å². The summed E-state index contributed by atoms with van der Waals surface area (Å²) in [6.07, 6.45) is 5.19. The number of aromatic nitrogens is 3. The molecule has 1 heterocycles. The Hall–Kier alpha value is -1.92. The fourth-order valence-electron chi connectivity index (χ4n) is 2.76. The zero-order valence-corrected chi connectivity index (χ0v) is 11.2. The Kier molecular flexibility index (Phi) is 3.19. The summed E-state index contributed by atoms with van der Waals surface area (Å²) >= 11 is 0. The van der Waals surface area contributed by atoms with Crippen LogP contribution < -0.4 is 5.32 Å². The lowest BCUT2D eigenvalue weighted by atomic mass is 9.86. The van der Waals surface area contributed by atoms with Crippen molar-refractivity contribution in [1.82, 2.24) is 20.5 Å². The Bertz CT molecular complexity index is 529. The lowest BCUT2D eigenvalue weighted by Crippen LogP contribution is -2.41. The normalized spacial score (nSPS) is 20.8. The molecule has 0 bridgehead atoms. The molecule has 3 N–H and O–H groups in total. The monoisotopic (exact) mass is 278 g/mol. The van der Waals surface area contributed by atoms with E-state index in [-0.39, 0.29) is 12.4 Å². The van der Waals surface area contributed by atoms with Gasteiger partial charge in [-0.2, -0.15) is 0 Å². The number of H-pyrrole nitrogens is 1. The van der Waals surface area contributed by atoms with Crippen molar-refractivity contribution in [2.24, 2.45) is 5.41 Å². The predicted octanol–water partition coefficient (Wildman–Crippen LogP) is 1.06. The van der Waals surface area contributed by atoms with Crippen LogP contribution in [-0.4, -0.2) is 38.7 Å². The fraction of sp³-hybridized carbons (Fsp3) is 0.692. The van der Waals surface area contributed by atoms with Crippen LogP contribution in [0.15, 0.2) is 0 Å². The van der Waals surface area contributed by atoms with Crippen molar-refractivity contribution < 1.29 is 14.7 Å². The van der Waals surface area contributed by atoms with Crippen LogP contribution in [0.5, 0.6) is 0 Å². The second kappa shape index (κ2) is 4.88. The first kappa shape index (κ1) is 13.1. The average molecular weight is 278 g/mol. The smallest absolute Gasteiger partial charge is 0.311 e. The number of rotatable bonds is 5. The summed E-state index contributed by atoms with van der Waals surface area (Å²) in [5, 5.41) is 18.7. The molecule has 1 aromatic rings. The summed E-state index contributed by atoms with van der Waals surface area (Å²) in [4.78, 5) is 27.5. The minimum absolute atomic E-state index is 0.102. The van der Waals surface area contributed by atoms with Gasteiger partial charge in [-0.15, -0.1) is 5.10 Å². The zero-order chi connectivity index (χ0) is 14.2. The van der Waals surface area contributed by atoms with Crippen LogP contribution in [0.25, 0.3) is 0 Å². The fourth-order valence-corrected chi connectivity index (χ4v) is 2.76. The number of nitrogens with one attached hydrogen (secondary N) is 2. The topological polar surface area (TPSA) is 108 Å². The van der Waals surface area contributed by atoms with Crippen molar-refractivity contribution >= 4 is 11.9 Å². The van der Waals surface area contributed by atoms with Gasteiger partial charge in [-0.3, -0.25) is 14.7 Å². The molecule has 3 rings (SSSR count). The predicted molar refractivity (Wildman–Crippen MR) is 69.2 cm³/mol. The van der Waals surface area contributed by atoms with E-state index >= 15 is 0 Å². The molecule has 0 unspecified atom stereocenters. The van der Waals surface area contributed by atoms with E-state index in [0.29, 0.717) is 18.8 Å². The Balaban J connectivity index is 1.61. The number of nitrogens with zero attached hydrogens (tertiary/aromatic N) is 2. The molecule has 2 aliphatic rings. The van der Waals surface area contributed by atoms with E-state index in [4.69, 9.17) is 0 Å². The zero-order valence-electron chi connectivity index (χ0n) is 11.2. The van der Waals surface area contributed by atoms with Gasteiger partial charge in [0.15, 0.2) is 0 Å². The number of aromatic amines is 1. The van der Waals surface area contributed by atoms with Gasteiger partial charge in [0.05, 0.1) is 5.41 Å². The molecule has 0 aromatic carbocycles. The summed E-state index contributed by atoms with van der Waals surface area (Å²) in [6.45, 7) is 0.147. The molecule has 0 saturated heterocycles. The second-order valence-electron chi connectivity index (χ2n) is 5.79. The highest BCUT2D eigenvalue weighted by atomic mass is 16.4. The van der Waals surface area contributed by atoms with Gasteiger partial charge < -0.3 is 10.4 Å². The molecule has 2 fully saturated rings. The lowest BCUT2D eigenvalue weighted by Gasteiger charge is -2.23. The van der Waals surface area contributed by atoms with Crippen molar-refractivity contribution in [1.29, 1.82) is 0 Å². The maximum absolute atomic E-state index is 12.0. The molecule has 2 aliphatic carbocycles. The van der Waals surface area contributed by atoms with Crippen molar-refractivity contribution in [2.75, 3.05) is 6.54 Å². The third-order valence-electron chi connectivity index (χ3n) is 4.27. The molecule has 7 nitrogen and oxygen atoms in total. The number of amides is 1. The van der Waals surface area contributed by atoms with Crippen molar-refractivity contribution in [2.45, 2.75) is 44.4 Å². The van der Waals surface area contributed by atoms with Gasteiger partial charge in [-0.25, -0.2) is 4.98 Å². The summed E-state index contributed by atoms with van der Waals surface area (Å²) in [5.41, 5.74) is -0.814. The number of hydrogen-bond donors (Lipinski definition) is 3. The van der Waals surface area contributed by atoms with Crippen molar-refractivity contribution in [3.63, 3.8) is 0 Å². The van der Waals surface area contributed by atoms with Gasteiger partial charge in [-0.1, -0.05) is 12.8 Å². The van der Waals surface area contributed by atoms with Crippen LogP contribution >= 0.6 is 0 Å². The third kappa shape index (κ3) is 2.39. The maximum Gasteiger partial charge on any atom is 0.311 e. The second-order valence-corrected chi connectivity index (χ2v) is 5.79. The van der Waals surface area contributed by atoms with Gasteiger partial charge in [-0.05, 0) is 25.7 Å². The molecule has 1 amide bonds. The van der Waals surface area contributed by atoms with E-state index in [1.54, 1.807) is 0 Å².